The highest BCUT2D eigenvalue weighted by atomic mass is 16.5. The zero-order chi connectivity index (χ0) is 16.2. The van der Waals surface area contributed by atoms with E-state index in [1.165, 1.54) is 51.4 Å². The average molecular weight is 315 g/mol. The van der Waals surface area contributed by atoms with Crippen LogP contribution in [0.5, 0.6) is 0 Å². The quantitative estimate of drug-likeness (QED) is 0.571. The predicted molar refractivity (Wildman–Crippen MR) is 96.8 cm³/mol. The van der Waals surface area contributed by atoms with Gasteiger partial charge in [0.05, 0.1) is 5.52 Å². The summed E-state index contributed by atoms with van der Waals surface area (Å²) in [7, 11) is 1.78. The van der Waals surface area contributed by atoms with Crippen molar-refractivity contribution in [3.8, 4) is 0 Å². The van der Waals surface area contributed by atoms with Gasteiger partial charge in [-0.1, -0.05) is 50.7 Å². The first-order valence-electron chi connectivity index (χ1n) is 8.84. The van der Waals surface area contributed by atoms with Gasteiger partial charge in [-0.05, 0) is 25.0 Å². The highest BCUT2D eigenvalue weighted by Crippen LogP contribution is 2.18. The molecule has 1 aromatic heterocycles. The number of hydrogen-bond donors (Lipinski definition) is 1. The molecule has 0 saturated heterocycles. The molecule has 2 aromatic rings. The van der Waals surface area contributed by atoms with Gasteiger partial charge >= 0.3 is 0 Å². The van der Waals surface area contributed by atoms with Crippen LogP contribution in [0.1, 0.15) is 51.4 Å². The number of rotatable bonds is 12. The molecule has 0 saturated carbocycles. The molecule has 2 rings (SSSR count). The second-order valence-electron chi connectivity index (χ2n) is 5.99. The fourth-order valence-corrected chi connectivity index (χ4v) is 2.78. The van der Waals surface area contributed by atoms with Crippen molar-refractivity contribution in [3.63, 3.8) is 0 Å². The van der Waals surface area contributed by atoms with Crippen LogP contribution in [0, 0.1) is 0 Å². The number of hydrogen-bond acceptors (Lipinski definition) is 4. The third kappa shape index (κ3) is 6.53. The Balaban J connectivity index is 1.54. The van der Waals surface area contributed by atoms with E-state index in [2.05, 4.69) is 21.4 Å². The molecule has 0 bridgehead atoms. The Morgan fingerprint density at radius 1 is 0.870 bits per heavy atom. The molecule has 4 heteroatoms. The number of para-hydroxylation sites is 1. The molecule has 1 heterocycles. The summed E-state index contributed by atoms with van der Waals surface area (Å²) in [6, 6.07) is 8.13. The van der Waals surface area contributed by atoms with E-state index >= 15 is 0 Å². The normalized spacial score (nSPS) is 11.0. The SMILES string of the molecule is COCCCCCCCCCCNc1ncnc2ccccc12. The number of nitrogens with one attached hydrogen (secondary N) is 1. The minimum absolute atomic E-state index is 0.906. The van der Waals surface area contributed by atoms with Crippen molar-refractivity contribution in [1.29, 1.82) is 0 Å². The van der Waals surface area contributed by atoms with Crippen molar-refractivity contribution in [2.45, 2.75) is 51.4 Å². The van der Waals surface area contributed by atoms with Gasteiger partial charge in [0.15, 0.2) is 0 Å². The molecule has 126 valence electrons. The lowest BCUT2D eigenvalue weighted by molar-refractivity contribution is 0.192. The van der Waals surface area contributed by atoms with E-state index in [1.807, 2.05) is 18.2 Å². The van der Waals surface area contributed by atoms with Crippen molar-refractivity contribution in [2.75, 3.05) is 25.6 Å². The van der Waals surface area contributed by atoms with E-state index in [9.17, 15) is 0 Å². The molecule has 1 N–H and O–H groups in total. The smallest absolute Gasteiger partial charge is 0.137 e. The first-order valence-corrected chi connectivity index (χ1v) is 8.84. The Kier molecular flexibility index (Phi) is 8.41. The zero-order valence-electron chi connectivity index (χ0n) is 14.3. The van der Waals surface area contributed by atoms with Gasteiger partial charge in [0.25, 0.3) is 0 Å². The minimum atomic E-state index is 0.906. The highest BCUT2D eigenvalue weighted by Gasteiger charge is 2.01. The molecule has 0 unspecified atom stereocenters. The number of fused-ring (bicyclic) bond motifs is 1. The van der Waals surface area contributed by atoms with Gasteiger partial charge in [0.1, 0.15) is 12.1 Å². The van der Waals surface area contributed by atoms with Crippen molar-refractivity contribution in [2.24, 2.45) is 0 Å². The van der Waals surface area contributed by atoms with Crippen molar-refractivity contribution in [1.82, 2.24) is 9.97 Å². The maximum absolute atomic E-state index is 5.06. The summed E-state index contributed by atoms with van der Waals surface area (Å²) in [4.78, 5) is 8.64. The summed E-state index contributed by atoms with van der Waals surface area (Å²) in [5, 5.41) is 4.55. The van der Waals surface area contributed by atoms with Crippen LogP contribution in [0.25, 0.3) is 10.9 Å². The maximum Gasteiger partial charge on any atom is 0.137 e. The monoisotopic (exact) mass is 315 g/mol. The van der Waals surface area contributed by atoms with Gasteiger partial charge in [0.2, 0.25) is 0 Å². The van der Waals surface area contributed by atoms with Crippen LogP contribution in [-0.4, -0.2) is 30.2 Å². The second-order valence-corrected chi connectivity index (χ2v) is 5.99. The van der Waals surface area contributed by atoms with E-state index in [4.69, 9.17) is 4.74 Å². The van der Waals surface area contributed by atoms with E-state index in [0.29, 0.717) is 0 Å². The van der Waals surface area contributed by atoms with Gasteiger partial charge in [-0.15, -0.1) is 0 Å². The first-order chi connectivity index (χ1) is 11.4. The Hall–Kier alpha value is -1.68. The van der Waals surface area contributed by atoms with E-state index in [-0.39, 0.29) is 0 Å². The van der Waals surface area contributed by atoms with Crippen molar-refractivity contribution >= 4 is 16.7 Å². The summed E-state index contributed by atoms with van der Waals surface area (Å²) >= 11 is 0. The highest BCUT2D eigenvalue weighted by molar-refractivity contribution is 5.88. The second kappa shape index (κ2) is 10.9. The first kappa shape index (κ1) is 17.7. The molecule has 0 fully saturated rings. The van der Waals surface area contributed by atoms with Crippen LogP contribution < -0.4 is 5.32 Å². The Morgan fingerprint density at radius 3 is 2.35 bits per heavy atom. The van der Waals surface area contributed by atoms with Gasteiger partial charge < -0.3 is 10.1 Å². The lowest BCUT2D eigenvalue weighted by Gasteiger charge is -2.08. The van der Waals surface area contributed by atoms with Crippen LogP contribution in [0.2, 0.25) is 0 Å². The molecule has 0 aliphatic carbocycles. The lowest BCUT2D eigenvalue weighted by atomic mass is 10.1. The molecule has 0 atom stereocenters. The van der Waals surface area contributed by atoms with Gasteiger partial charge in [0, 0.05) is 25.6 Å². The number of ether oxygens (including phenoxy) is 1. The minimum Gasteiger partial charge on any atom is -0.385 e. The van der Waals surface area contributed by atoms with Gasteiger partial charge in [-0.2, -0.15) is 0 Å². The molecule has 0 aliphatic heterocycles. The molecule has 0 amide bonds. The standard InChI is InChI=1S/C19H29N3O/c1-23-15-11-7-5-3-2-4-6-10-14-20-19-17-12-8-9-13-18(17)21-16-22-19/h8-9,12-13,16H,2-7,10-11,14-15H2,1H3,(H,20,21,22). The summed E-state index contributed by atoms with van der Waals surface area (Å²) < 4.78 is 5.06. The van der Waals surface area contributed by atoms with Crippen LogP contribution in [0.4, 0.5) is 5.82 Å². The number of methoxy groups -OCH3 is 1. The fraction of sp³-hybridized carbons (Fsp3) is 0.579. The summed E-state index contributed by atoms with van der Waals surface area (Å²) in [5.74, 6) is 0.953. The topological polar surface area (TPSA) is 47.0 Å². The third-order valence-electron chi connectivity index (χ3n) is 4.11. The number of benzene rings is 1. The number of aromatic nitrogens is 2. The van der Waals surface area contributed by atoms with E-state index in [0.717, 1.165) is 29.9 Å². The summed E-state index contributed by atoms with van der Waals surface area (Å²) in [6.07, 6.45) is 12.0. The average Bonchev–Trinajstić information content (AvgIpc) is 2.60. The largest absolute Gasteiger partial charge is 0.385 e. The van der Waals surface area contributed by atoms with Crippen LogP contribution in [-0.2, 0) is 4.74 Å². The molecule has 0 spiro atoms. The molecular weight excluding hydrogens is 286 g/mol. The van der Waals surface area contributed by atoms with Gasteiger partial charge in [-0.3, -0.25) is 0 Å². The molecule has 1 aromatic carbocycles. The van der Waals surface area contributed by atoms with E-state index < -0.39 is 0 Å². The number of nitrogens with zero attached hydrogens (tertiary/aromatic N) is 2. The fourth-order valence-electron chi connectivity index (χ4n) is 2.78. The number of unbranched alkanes of at least 4 members (excludes halogenated alkanes) is 7. The van der Waals surface area contributed by atoms with E-state index in [1.54, 1.807) is 13.4 Å². The van der Waals surface area contributed by atoms with Crippen molar-refractivity contribution < 1.29 is 4.74 Å². The maximum atomic E-state index is 5.06. The molecule has 4 nitrogen and oxygen atoms in total. The summed E-state index contributed by atoms with van der Waals surface area (Å²) in [6.45, 7) is 1.89. The Bertz CT molecular complexity index is 554. The van der Waals surface area contributed by atoms with Gasteiger partial charge in [-0.25, -0.2) is 9.97 Å². The molecule has 0 aliphatic rings. The molecule has 0 radical (unpaired) electrons. The lowest BCUT2D eigenvalue weighted by Crippen LogP contribution is -2.04. The van der Waals surface area contributed by atoms with Crippen LogP contribution in [0.3, 0.4) is 0 Å². The number of anilines is 1. The molecular formula is C19H29N3O. The predicted octanol–water partition coefficient (Wildman–Crippen LogP) is 4.81. The molecule has 23 heavy (non-hydrogen) atoms. The van der Waals surface area contributed by atoms with Crippen molar-refractivity contribution in [3.05, 3.63) is 30.6 Å². The van der Waals surface area contributed by atoms with Crippen LogP contribution in [0.15, 0.2) is 30.6 Å². The summed E-state index contributed by atoms with van der Waals surface area (Å²) in [5.41, 5.74) is 0.999. The Labute approximate surface area is 139 Å². The van der Waals surface area contributed by atoms with Crippen LogP contribution >= 0.6 is 0 Å². The Morgan fingerprint density at radius 2 is 1.57 bits per heavy atom. The third-order valence-corrected chi connectivity index (χ3v) is 4.11. The zero-order valence-corrected chi connectivity index (χ0v) is 14.3.